The average molecular weight is 239 g/mol. The largest absolute Gasteiger partial charge is 0.344 e. The number of hydrogen-bond donors (Lipinski definition) is 2. The van der Waals surface area contributed by atoms with Crippen molar-refractivity contribution in [1.29, 1.82) is 5.26 Å². The van der Waals surface area contributed by atoms with E-state index in [1.165, 1.54) is 11.8 Å². The van der Waals surface area contributed by atoms with E-state index in [0.717, 1.165) is 12.8 Å². The van der Waals surface area contributed by atoms with E-state index < -0.39 is 6.04 Å². The Morgan fingerprint density at radius 3 is 3.12 bits per heavy atom. The number of nitrogens with zero attached hydrogens (tertiary/aromatic N) is 3. The summed E-state index contributed by atoms with van der Waals surface area (Å²) in [4.78, 5) is 11.4. The molecule has 1 aliphatic carbocycles. The molecule has 1 fully saturated rings. The Labute approximate surface area is 96.8 Å². The van der Waals surface area contributed by atoms with Crippen molar-refractivity contribution in [1.82, 2.24) is 14.8 Å². The summed E-state index contributed by atoms with van der Waals surface area (Å²) in [5, 5.41) is 15.6. The summed E-state index contributed by atoms with van der Waals surface area (Å²) >= 11 is 1.47. The van der Waals surface area contributed by atoms with Crippen LogP contribution in [0.1, 0.15) is 25.3 Å². The van der Waals surface area contributed by atoms with Gasteiger partial charge in [-0.25, -0.2) is 9.89 Å². The van der Waals surface area contributed by atoms with Crippen LogP contribution in [-0.4, -0.2) is 26.6 Å². The number of nitrogens with one attached hydrogen (secondary N) is 1. The molecule has 2 rings (SSSR count). The molecule has 1 saturated carbocycles. The predicted molar refractivity (Wildman–Crippen MR) is 60.0 cm³/mol. The van der Waals surface area contributed by atoms with Gasteiger partial charge >= 0.3 is 5.69 Å². The van der Waals surface area contributed by atoms with Crippen LogP contribution in [0.4, 0.5) is 0 Å². The maximum atomic E-state index is 11.4. The molecule has 0 radical (unpaired) electrons. The number of hydrogen-bond acceptors (Lipinski definition) is 5. The molecule has 1 aromatic rings. The molecule has 0 aromatic carbocycles. The Morgan fingerprint density at radius 2 is 2.50 bits per heavy atom. The first-order valence-electron chi connectivity index (χ1n) is 5.17. The van der Waals surface area contributed by atoms with Crippen molar-refractivity contribution in [2.45, 2.75) is 36.5 Å². The van der Waals surface area contributed by atoms with Crippen molar-refractivity contribution in [3.05, 3.63) is 10.5 Å². The third-order valence-electron chi connectivity index (χ3n) is 2.41. The number of rotatable bonds is 5. The van der Waals surface area contributed by atoms with Crippen molar-refractivity contribution in [2.24, 2.45) is 5.73 Å². The summed E-state index contributed by atoms with van der Waals surface area (Å²) in [5.74, 6) is 0.700. The van der Waals surface area contributed by atoms with Gasteiger partial charge in [-0.15, -0.1) is 5.10 Å². The van der Waals surface area contributed by atoms with Gasteiger partial charge in [0.2, 0.25) is 0 Å². The zero-order valence-corrected chi connectivity index (χ0v) is 9.54. The summed E-state index contributed by atoms with van der Waals surface area (Å²) in [7, 11) is 0. The number of aromatic amines is 1. The quantitative estimate of drug-likeness (QED) is 0.717. The summed E-state index contributed by atoms with van der Waals surface area (Å²) in [5.41, 5.74) is 5.34. The minimum Gasteiger partial charge on any atom is -0.316 e. The Kier molecular flexibility index (Phi) is 3.31. The van der Waals surface area contributed by atoms with Gasteiger partial charge in [-0.2, -0.15) is 5.26 Å². The van der Waals surface area contributed by atoms with Crippen molar-refractivity contribution in [3.63, 3.8) is 0 Å². The number of aromatic nitrogens is 3. The third-order valence-corrected chi connectivity index (χ3v) is 3.40. The molecule has 6 nitrogen and oxygen atoms in total. The van der Waals surface area contributed by atoms with Gasteiger partial charge in [0.15, 0.2) is 5.16 Å². The maximum Gasteiger partial charge on any atom is 0.344 e. The fourth-order valence-electron chi connectivity index (χ4n) is 1.39. The van der Waals surface area contributed by atoms with Gasteiger partial charge in [0.1, 0.15) is 0 Å². The molecule has 1 aromatic heterocycles. The molecule has 0 saturated heterocycles. The van der Waals surface area contributed by atoms with Crippen molar-refractivity contribution >= 4 is 11.8 Å². The number of H-pyrrole nitrogens is 1. The zero-order valence-electron chi connectivity index (χ0n) is 8.72. The fraction of sp³-hybridized carbons (Fsp3) is 0.667. The summed E-state index contributed by atoms with van der Waals surface area (Å²) < 4.78 is 1.70. The van der Waals surface area contributed by atoms with Crippen LogP contribution in [0.2, 0.25) is 0 Å². The fourth-order valence-corrected chi connectivity index (χ4v) is 2.42. The van der Waals surface area contributed by atoms with E-state index >= 15 is 0 Å². The van der Waals surface area contributed by atoms with Crippen molar-refractivity contribution < 1.29 is 0 Å². The van der Waals surface area contributed by atoms with Gasteiger partial charge in [-0.1, -0.05) is 11.8 Å². The highest BCUT2D eigenvalue weighted by Gasteiger charge is 2.28. The van der Waals surface area contributed by atoms with Gasteiger partial charge in [0.05, 0.1) is 12.1 Å². The van der Waals surface area contributed by atoms with Crippen LogP contribution >= 0.6 is 11.8 Å². The van der Waals surface area contributed by atoms with E-state index in [1.54, 1.807) is 4.57 Å². The molecule has 3 N–H and O–H groups in total. The first-order chi connectivity index (χ1) is 7.72. The summed E-state index contributed by atoms with van der Waals surface area (Å²) in [6.07, 6.45) is 2.70. The van der Waals surface area contributed by atoms with Crippen LogP contribution in [0.25, 0.3) is 0 Å². The van der Waals surface area contributed by atoms with E-state index in [4.69, 9.17) is 11.0 Å². The maximum absolute atomic E-state index is 11.4. The molecule has 1 heterocycles. The zero-order chi connectivity index (χ0) is 11.5. The van der Waals surface area contributed by atoms with E-state index in [9.17, 15) is 4.79 Å². The molecule has 1 atom stereocenters. The second-order valence-electron chi connectivity index (χ2n) is 3.79. The highest BCUT2D eigenvalue weighted by atomic mass is 32.2. The number of nitriles is 1. The van der Waals surface area contributed by atoms with Gasteiger partial charge in [-0.3, -0.25) is 4.57 Å². The predicted octanol–water partition coefficient (Wildman–Crippen LogP) is 0.239. The topological polar surface area (TPSA) is 100 Å². The van der Waals surface area contributed by atoms with Crippen LogP contribution in [0.15, 0.2) is 9.95 Å². The highest BCUT2D eigenvalue weighted by Crippen LogP contribution is 2.36. The van der Waals surface area contributed by atoms with E-state index in [2.05, 4.69) is 10.2 Å². The molecule has 86 valence electrons. The number of thioether (sulfide) groups is 1. The normalized spacial score (nSPS) is 17.0. The van der Waals surface area contributed by atoms with Crippen molar-refractivity contribution in [2.75, 3.05) is 5.75 Å². The minimum absolute atomic E-state index is 0.144. The second-order valence-corrected chi connectivity index (χ2v) is 4.85. The molecular weight excluding hydrogens is 226 g/mol. The second kappa shape index (κ2) is 4.72. The smallest absolute Gasteiger partial charge is 0.316 e. The molecule has 1 unspecified atom stereocenters. The van der Waals surface area contributed by atoms with Gasteiger partial charge < -0.3 is 5.73 Å². The lowest BCUT2D eigenvalue weighted by atomic mass is 10.3. The van der Waals surface area contributed by atoms with Crippen LogP contribution in [0, 0.1) is 11.3 Å². The van der Waals surface area contributed by atoms with Crippen LogP contribution in [-0.2, 0) is 0 Å². The Morgan fingerprint density at radius 1 is 1.75 bits per heavy atom. The van der Waals surface area contributed by atoms with Gasteiger partial charge in [0, 0.05) is 11.8 Å². The van der Waals surface area contributed by atoms with E-state index in [-0.39, 0.29) is 5.69 Å². The summed E-state index contributed by atoms with van der Waals surface area (Å²) in [6.45, 7) is 0. The molecule has 0 aliphatic heterocycles. The third kappa shape index (κ3) is 2.46. The molecule has 0 bridgehead atoms. The van der Waals surface area contributed by atoms with Gasteiger partial charge in [0.25, 0.3) is 0 Å². The Balaban J connectivity index is 1.94. The first kappa shape index (κ1) is 11.2. The Bertz CT molecular complexity index is 455. The van der Waals surface area contributed by atoms with E-state index in [0.29, 0.717) is 23.4 Å². The van der Waals surface area contributed by atoms with Crippen molar-refractivity contribution in [3.8, 4) is 6.07 Å². The lowest BCUT2D eigenvalue weighted by Crippen LogP contribution is -2.18. The molecular formula is C9H13N5OS. The first-order valence-corrected chi connectivity index (χ1v) is 6.16. The van der Waals surface area contributed by atoms with E-state index in [1.807, 2.05) is 6.07 Å². The van der Waals surface area contributed by atoms with Crippen LogP contribution in [0.5, 0.6) is 0 Å². The van der Waals surface area contributed by atoms with Crippen LogP contribution < -0.4 is 11.4 Å². The SMILES string of the molecule is N#CC(N)CCSc1n[nH]c(=O)n1C1CC1. The minimum atomic E-state index is -0.437. The lowest BCUT2D eigenvalue weighted by molar-refractivity contribution is 0.642. The number of nitrogens with two attached hydrogens (primary N) is 1. The molecule has 0 spiro atoms. The summed E-state index contributed by atoms with van der Waals surface area (Å²) in [6, 6.07) is 1.85. The molecule has 16 heavy (non-hydrogen) atoms. The Hall–Kier alpha value is -1.26. The monoisotopic (exact) mass is 239 g/mol. The molecule has 1 aliphatic rings. The highest BCUT2D eigenvalue weighted by molar-refractivity contribution is 7.99. The molecule has 0 amide bonds. The molecule has 7 heteroatoms. The standard InChI is InChI=1S/C9H13N5OS/c10-5-6(11)3-4-16-9-13-12-8(15)14(9)7-1-2-7/h6-7H,1-4,11H2,(H,12,15). The van der Waals surface area contributed by atoms with Gasteiger partial charge in [-0.05, 0) is 19.3 Å². The lowest BCUT2D eigenvalue weighted by Gasteiger charge is -2.03. The van der Waals surface area contributed by atoms with Crippen LogP contribution in [0.3, 0.4) is 0 Å². The average Bonchev–Trinajstić information content (AvgIpc) is 3.04.